The van der Waals surface area contributed by atoms with Crippen LogP contribution in [0.1, 0.15) is 11.1 Å². The van der Waals surface area contributed by atoms with Crippen molar-refractivity contribution in [2.24, 2.45) is 0 Å². The van der Waals surface area contributed by atoms with Crippen LogP contribution in [0.3, 0.4) is 0 Å². The third-order valence-corrected chi connectivity index (χ3v) is 4.06. The van der Waals surface area contributed by atoms with Gasteiger partial charge in [0.1, 0.15) is 24.0 Å². The van der Waals surface area contributed by atoms with Crippen LogP contribution in [0.5, 0.6) is 5.75 Å². The van der Waals surface area contributed by atoms with Crippen molar-refractivity contribution in [1.29, 1.82) is 0 Å². The summed E-state index contributed by atoms with van der Waals surface area (Å²) in [5.74, 6) is -0.750. The Balaban J connectivity index is 2.27. The van der Waals surface area contributed by atoms with E-state index in [0.29, 0.717) is 20.6 Å². The van der Waals surface area contributed by atoms with Crippen molar-refractivity contribution in [3.8, 4) is 5.75 Å². The summed E-state index contributed by atoms with van der Waals surface area (Å²) < 4.78 is 33.3. The van der Waals surface area contributed by atoms with E-state index in [4.69, 9.17) is 16.3 Å². The molecule has 0 heterocycles. The average molecular weight is 426 g/mol. The van der Waals surface area contributed by atoms with Gasteiger partial charge in [0.15, 0.2) is 0 Å². The lowest BCUT2D eigenvalue weighted by molar-refractivity contribution is 0.288. The fourth-order valence-electron chi connectivity index (χ4n) is 1.69. The van der Waals surface area contributed by atoms with E-state index in [2.05, 4.69) is 31.9 Å². The maximum atomic E-state index is 13.5. The van der Waals surface area contributed by atoms with Crippen LogP contribution in [0, 0.1) is 11.6 Å². The summed E-state index contributed by atoms with van der Waals surface area (Å²) in [5, 5.41) is 1.07. The molecule has 0 aliphatic heterocycles. The number of alkyl halides is 1. The standard InChI is InChI=1S/C14H9Br2ClF2O/c15-6-8-4-9(17)5-11(16)14(8)20-7-10-12(18)2-1-3-13(10)19/h1-5H,6-7H2. The largest absolute Gasteiger partial charge is 0.487 e. The predicted molar refractivity (Wildman–Crippen MR) is 82.5 cm³/mol. The van der Waals surface area contributed by atoms with Gasteiger partial charge in [0.2, 0.25) is 0 Å². The maximum absolute atomic E-state index is 13.5. The van der Waals surface area contributed by atoms with Gasteiger partial charge in [-0.1, -0.05) is 33.6 Å². The summed E-state index contributed by atoms with van der Waals surface area (Å²) in [6, 6.07) is 7.11. The van der Waals surface area contributed by atoms with Gasteiger partial charge in [-0.2, -0.15) is 0 Å². The van der Waals surface area contributed by atoms with E-state index >= 15 is 0 Å². The van der Waals surface area contributed by atoms with Gasteiger partial charge < -0.3 is 4.74 Å². The molecule has 0 aromatic heterocycles. The van der Waals surface area contributed by atoms with Crippen molar-refractivity contribution in [2.45, 2.75) is 11.9 Å². The first kappa shape index (κ1) is 15.7. The van der Waals surface area contributed by atoms with E-state index in [-0.39, 0.29) is 12.2 Å². The molecular weight excluding hydrogens is 417 g/mol. The Morgan fingerprint density at radius 2 is 1.80 bits per heavy atom. The summed E-state index contributed by atoms with van der Waals surface area (Å²) >= 11 is 12.6. The molecule has 6 heteroatoms. The summed E-state index contributed by atoms with van der Waals surface area (Å²) in [6.07, 6.45) is 0. The number of benzene rings is 2. The van der Waals surface area contributed by atoms with E-state index in [1.165, 1.54) is 18.2 Å². The zero-order valence-electron chi connectivity index (χ0n) is 10.1. The number of hydrogen-bond donors (Lipinski definition) is 0. The topological polar surface area (TPSA) is 9.23 Å². The molecule has 0 fully saturated rings. The third kappa shape index (κ3) is 3.51. The molecule has 0 aliphatic rings. The summed E-state index contributed by atoms with van der Waals surface area (Å²) in [7, 11) is 0. The monoisotopic (exact) mass is 424 g/mol. The van der Waals surface area contributed by atoms with E-state index in [1.54, 1.807) is 12.1 Å². The van der Waals surface area contributed by atoms with Crippen LogP contribution in [0.2, 0.25) is 5.02 Å². The quantitative estimate of drug-likeness (QED) is 0.557. The van der Waals surface area contributed by atoms with Crippen LogP contribution < -0.4 is 4.74 Å². The number of halogens is 5. The second kappa shape index (κ2) is 6.87. The van der Waals surface area contributed by atoms with Gasteiger partial charge in [0.25, 0.3) is 0 Å². The average Bonchev–Trinajstić information content (AvgIpc) is 2.39. The van der Waals surface area contributed by atoms with Crippen molar-refractivity contribution < 1.29 is 13.5 Å². The number of rotatable bonds is 4. The van der Waals surface area contributed by atoms with Crippen molar-refractivity contribution in [2.75, 3.05) is 0 Å². The molecule has 0 bridgehead atoms. The first-order valence-corrected chi connectivity index (χ1v) is 7.91. The highest BCUT2D eigenvalue weighted by molar-refractivity contribution is 9.10. The minimum absolute atomic E-state index is 0.102. The molecule has 0 spiro atoms. The Morgan fingerprint density at radius 3 is 2.40 bits per heavy atom. The summed E-state index contributed by atoms with van der Waals surface area (Å²) in [4.78, 5) is 0. The van der Waals surface area contributed by atoms with E-state index in [1.807, 2.05) is 0 Å². The molecule has 0 aliphatic carbocycles. The minimum Gasteiger partial charge on any atom is -0.487 e. The first-order chi connectivity index (χ1) is 9.52. The second-order valence-corrected chi connectivity index (χ2v) is 5.85. The van der Waals surface area contributed by atoms with Gasteiger partial charge in [-0.15, -0.1) is 0 Å². The van der Waals surface area contributed by atoms with Gasteiger partial charge in [-0.25, -0.2) is 8.78 Å². The zero-order valence-corrected chi connectivity index (χ0v) is 14.0. The van der Waals surface area contributed by atoms with E-state index < -0.39 is 11.6 Å². The Kier molecular flexibility index (Phi) is 5.41. The normalized spacial score (nSPS) is 10.7. The molecule has 1 nitrogen and oxygen atoms in total. The maximum Gasteiger partial charge on any atom is 0.138 e. The molecule has 0 saturated heterocycles. The highest BCUT2D eigenvalue weighted by Crippen LogP contribution is 2.34. The van der Waals surface area contributed by atoms with Crippen LogP contribution in [-0.4, -0.2) is 0 Å². The van der Waals surface area contributed by atoms with Crippen molar-refractivity contribution in [3.63, 3.8) is 0 Å². The Bertz CT molecular complexity index is 615. The molecule has 0 amide bonds. The molecule has 2 rings (SSSR count). The van der Waals surface area contributed by atoms with Crippen molar-refractivity contribution in [3.05, 3.63) is 62.6 Å². The molecule has 0 N–H and O–H groups in total. The molecule has 2 aromatic rings. The number of ether oxygens (including phenoxy) is 1. The van der Waals surface area contributed by atoms with Gasteiger partial charge in [0.05, 0.1) is 10.0 Å². The van der Waals surface area contributed by atoms with Crippen LogP contribution in [0.25, 0.3) is 0 Å². The SMILES string of the molecule is Fc1cccc(F)c1COc1c(Br)cc(Cl)cc1CBr. The van der Waals surface area contributed by atoms with Crippen molar-refractivity contribution in [1.82, 2.24) is 0 Å². The van der Waals surface area contributed by atoms with Gasteiger partial charge in [-0.05, 0) is 40.2 Å². The third-order valence-electron chi connectivity index (χ3n) is 2.65. The Labute approximate surface area is 137 Å². The summed E-state index contributed by atoms with van der Waals surface area (Å²) in [5.41, 5.74) is 0.691. The molecule has 0 atom stereocenters. The highest BCUT2D eigenvalue weighted by Gasteiger charge is 2.13. The van der Waals surface area contributed by atoms with Gasteiger partial charge in [0, 0.05) is 15.9 Å². The molecule has 0 unspecified atom stereocenters. The molecule has 0 saturated carbocycles. The van der Waals surface area contributed by atoms with E-state index in [9.17, 15) is 8.78 Å². The van der Waals surface area contributed by atoms with Gasteiger partial charge in [-0.3, -0.25) is 0 Å². The van der Waals surface area contributed by atoms with Crippen molar-refractivity contribution >= 4 is 43.5 Å². The van der Waals surface area contributed by atoms with Crippen LogP contribution in [-0.2, 0) is 11.9 Å². The fourth-order valence-corrected chi connectivity index (χ4v) is 3.09. The van der Waals surface area contributed by atoms with Crippen LogP contribution in [0.15, 0.2) is 34.8 Å². The smallest absolute Gasteiger partial charge is 0.138 e. The van der Waals surface area contributed by atoms with E-state index in [0.717, 1.165) is 5.56 Å². The lowest BCUT2D eigenvalue weighted by atomic mass is 10.2. The molecule has 0 radical (unpaired) electrons. The van der Waals surface area contributed by atoms with Gasteiger partial charge >= 0.3 is 0 Å². The zero-order chi connectivity index (χ0) is 14.7. The first-order valence-electron chi connectivity index (χ1n) is 5.62. The number of hydrogen-bond acceptors (Lipinski definition) is 1. The second-order valence-electron chi connectivity index (χ2n) is 4.00. The molecule has 106 valence electrons. The molecule has 2 aromatic carbocycles. The lowest BCUT2D eigenvalue weighted by Crippen LogP contribution is -2.03. The Morgan fingerprint density at radius 1 is 1.15 bits per heavy atom. The Hall–Kier alpha value is -0.650. The fraction of sp³-hybridized carbons (Fsp3) is 0.143. The van der Waals surface area contributed by atoms with Crippen LogP contribution in [0.4, 0.5) is 8.78 Å². The van der Waals surface area contributed by atoms with Crippen LogP contribution >= 0.6 is 43.5 Å². The molecular formula is C14H9Br2ClF2O. The highest BCUT2D eigenvalue weighted by atomic mass is 79.9. The summed E-state index contributed by atoms with van der Waals surface area (Å²) in [6.45, 7) is -0.196. The molecule has 20 heavy (non-hydrogen) atoms. The lowest BCUT2D eigenvalue weighted by Gasteiger charge is -2.13. The predicted octanol–water partition coefficient (Wildman–Crippen LogP) is 5.85. The minimum atomic E-state index is -0.629.